The number of hydrogen-bond donors (Lipinski definition) is 1. The molecular weight excluding hydrogens is 491 g/mol. The second-order valence-corrected chi connectivity index (χ2v) is 7.23. The Bertz CT molecular complexity index is 821. The number of halogens is 1. The number of pyridine rings is 1. The van der Waals surface area contributed by atoms with Crippen molar-refractivity contribution in [1.29, 1.82) is 0 Å². The number of methoxy groups -OCH3 is 1. The van der Waals surface area contributed by atoms with Crippen molar-refractivity contribution < 1.29 is 4.74 Å². The van der Waals surface area contributed by atoms with Crippen LogP contribution in [0.25, 0.3) is 0 Å². The summed E-state index contributed by atoms with van der Waals surface area (Å²) < 4.78 is 5.36. The lowest BCUT2D eigenvalue weighted by Gasteiger charge is -2.37. The van der Waals surface area contributed by atoms with E-state index in [-0.39, 0.29) is 24.0 Å². The molecule has 164 valence electrons. The highest BCUT2D eigenvalue weighted by Gasteiger charge is 2.20. The Morgan fingerprint density at radius 3 is 2.60 bits per heavy atom. The molecule has 0 unspecified atom stereocenters. The maximum absolute atomic E-state index is 5.36. The molecule has 30 heavy (non-hydrogen) atoms. The number of aliphatic imine (C=N–C) groups is 1. The fraction of sp³-hybridized carbons (Fsp3) is 0.455. The van der Waals surface area contributed by atoms with E-state index in [9.17, 15) is 0 Å². The second-order valence-electron chi connectivity index (χ2n) is 7.23. The summed E-state index contributed by atoms with van der Waals surface area (Å²) in [4.78, 5) is 16.1. The van der Waals surface area contributed by atoms with Gasteiger partial charge in [0.05, 0.1) is 13.7 Å². The van der Waals surface area contributed by atoms with Gasteiger partial charge in [-0.25, -0.2) is 9.98 Å². The van der Waals surface area contributed by atoms with Crippen molar-refractivity contribution in [3.63, 3.8) is 0 Å². The summed E-state index contributed by atoms with van der Waals surface area (Å²) in [6.07, 6.45) is 1.82. The average Bonchev–Trinajstić information content (AvgIpc) is 2.77. The van der Waals surface area contributed by atoms with Gasteiger partial charge in [0, 0.05) is 70.3 Å². The molecule has 0 radical (unpaired) electrons. The zero-order valence-electron chi connectivity index (χ0n) is 18.3. The average molecular weight is 524 g/mol. The first-order valence-corrected chi connectivity index (χ1v) is 10.2. The molecule has 0 amide bonds. The van der Waals surface area contributed by atoms with E-state index in [2.05, 4.69) is 45.2 Å². The van der Waals surface area contributed by atoms with E-state index in [1.807, 2.05) is 43.4 Å². The molecule has 1 fully saturated rings. The number of aromatic nitrogens is 1. The van der Waals surface area contributed by atoms with E-state index in [1.54, 1.807) is 7.11 Å². The third-order valence-corrected chi connectivity index (χ3v) is 5.02. The Balaban J connectivity index is 0.00000320. The normalized spacial score (nSPS) is 14.2. The quantitative estimate of drug-likeness (QED) is 0.356. The highest BCUT2D eigenvalue weighted by atomic mass is 127. The summed E-state index contributed by atoms with van der Waals surface area (Å²) in [7, 11) is 5.73. The highest BCUT2D eigenvalue weighted by Crippen LogP contribution is 2.22. The maximum Gasteiger partial charge on any atom is 0.194 e. The van der Waals surface area contributed by atoms with Gasteiger partial charge in [-0.15, -0.1) is 24.0 Å². The monoisotopic (exact) mass is 524 g/mol. The molecule has 3 rings (SSSR count). The van der Waals surface area contributed by atoms with Crippen molar-refractivity contribution in [2.24, 2.45) is 4.99 Å². The Morgan fingerprint density at radius 2 is 1.93 bits per heavy atom. The molecule has 7 nitrogen and oxygen atoms in total. The van der Waals surface area contributed by atoms with Crippen LogP contribution in [0, 0.1) is 0 Å². The first kappa shape index (κ1) is 24.0. The zero-order chi connectivity index (χ0) is 20.6. The molecule has 1 aliphatic rings. The van der Waals surface area contributed by atoms with Crippen molar-refractivity contribution in [3.8, 4) is 5.75 Å². The summed E-state index contributed by atoms with van der Waals surface area (Å²) in [5.74, 6) is 2.83. The molecule has 0 bridgehead atoms. The molecule has 0 aliphatic carbocycles. The number of piperazine rings is 1. The molecule has 1 aromatic carbocycles. The Morgan fingerprint density at radius 1 is 1.17 bits per heavy atom. The third-order valence-electron chi connectivity index (χ3n) is 5.02. The van der Waals surface area contributed by atoms with Crippen LogP contribution in [0.1, 0.15) is 12.5 Å². The summed E-state index contributed by atoms with van der Waals surface area (Å²) in [5, 5.41) is 3.45. The lowest BCUT2D eigenvalue weighted by molar-refractivity contribution is 0.372. The molecule has 0 saturated carbocycles. The Labute approximate surface area is 197 Å². The lowest BCUT2D eigenvalue weighted by atomic mass is 10.2. The van der Waals surface area contributed by atoms with Crippen LogP contribution in [-0.2, 0) is 6.54 Å². The van der Waals surface area contributed by atoms with Gasteiger partial charge in [0.1, 0.15) is 11.6 Å². The van der Waals surface area contributed by atoms with Crippen molar-refractivity contribution in [3.05, 3.63) is 48.2 Å². The number of ether oxygens (including phenoxy) is 1. The molecule has 0 spiro atoms. The first-order chi connectivity index (χ1) is 14.1. The SMILES string of the molecule is CCNC(=NCc1cccnc1N(C)C)N1CCN(c2cccc(OC)c2)CC1.I. The van der Waals surface area contributed by atoms with Gasteiger partial charge in [0.15, 0.2) is 5.96 Å². The van der Waals surface area contributed by atoms with Gasteiger partial charge in [-0.3, -0.25) is 0 Å². The van der Waals surface area contributed by atoms with Gasteiger partial charge in [-0.05, 0) is 25.1 Å². The van der Waals surface area contributed by atoms with Gasteiger partial charge in [-0.1, -0.05) is 12.1 Å². The van der Waals surface area contributed by atoms with Crippen molar-refractivity contribution in [2.75, 3.05) is 63.7 Å². The number of hydrogen-bond acceptors (Lipinski definition) is 5. The number of benzene rings is 1. The summed E-state index contributed by atoms with van der Waals surface area (Å²) >= 11 is 0. The summed E-state index contributed by atoms with van der Waals surface area (Å²) in [6.45, 7) is 7.33. The highest BCUT2D eigenvalue weighted by molar-refractivity contribution is 14.0. The molecular formula is C22H33IN6O. The van der Waals surface area contributed by atoms with Crippen molar-refractivity contribution >= 4 is 41.4 Å². The van der Waals surface area contributed by atoms with E-state index < -0.39 is 0 Å². The van der Waals surface area contributed by atoms with E-state index in [0.29, 0.717) is 6.54 Å². The largest absolute Gasteiger partial charge is 0.497 e. The maximum atomic E-state index is 5.36. The van der Waals surface area contributed by atoms with Gasteiger partial charge in [-0.2, -0.15) is 0 Å². The fourth-order valence-corrected chi connectivity index (χ4v) is 3.53. The van der Waals surface area contributed by atoms with E-state index in [4.69, 9.17) is 9.73 Å². The van der Waals surface area contributed by atoms with Crippen LogP contribution in [-0.4, -0.2) is 69.8 Å². The standard InChI is InChI=1S/C22H32N6O.HI/c1-5-23-22(25-17-18-8-7-11-24-21(18)26(2)3)28-14-12-27(13-15-28)19-9-6-10-20(16-19)29-4;/h6-11,16H,5,12-15,17H2,1-4H3,(H,23,25);1H. The number of anilines is 2. The molecule has 2 heterocycles. The van der Waals surface area contributed by atoms with Crippen molar-refractivity contribution in [1.82, 2.24) is 15.2 Å². The smallest absolute Gasteiger partial charge is 0.194 e. The van der Waals surface area contributed by atoms with Gasteiger partial charge in [0.25, 0.3) is 0 Å². The number of guanidine groups is 1. The van der Waals surface area contributed by atoms with Crippen LogP contribution < -0.4 is 19.9 Å². The minimum Gasteiger partial charge on any atom is -0.497 e. The zero-order valence-corrected chi connectivity index (χ0v) is 20.7. The number of nitrogens with zero attached hydrogens (tertiary/aromatic N) is 5. The molecule has 8 heteroatoms. The number of nitrogens with one attached hydrogen (secondary N) is 1. The van der Waals surface area contributed by atoms with Crippen LogP contribution in [0.15, 0.2) is 47.6 Å². The third kappa shape index (κ3) is 6.13. The van der Waals surface area contributed by atoms with Crippen LogP contribution >= 0.6 is 24.0 Å². The van der Waals surface area contributed by atoms with Crippen LogP contribution in [0.4, 0.5) is 11.5 Å². The fourth-order valence-electron chi connectivity index (χ4n) is 3.53. The number of rotatable bonds is 6. The molecule has 1 N–H and O–H groups in total. The molecule has 2 aromatic rings. The molecule has 1 aromatic heterocycles. The van der Waals surface area contributed by atoms with Crippen LogP contribution in [0.3, 0.4) is 0 Å². The minimum atomic E-state index is 0. The van der Waals surface area contributed by atoms with Crippen LogP contribution in [0.5, 0.6) is 5.75 Å². The molecule has 0 atom stereocenters. The lowest BCUT2D eigenvalue weighted by Crippen LogP contribution is -2.52. The predicted octanol–water partition coefficient (Wildman–Crippen LogP) is 3.06. The predicted molar refractivity (Wildman–Crippen MR) is 136 cm³/mol. The van der Waals surface area contributed by atoms with Crippen molar-refractivity contribution in [2.45, 2.75) is 13.5 Å². The minimum absolute atomic E-state index is 0. The Kier molecular flexibility index (Phi) is 9.48. The first-order valence-electron chi connectivity index (χ1n) is 10.2. The summed E-state index contributed by atoms with van der Waals surface area (Å²) in [5.41, 5.74) is 2.33. The van der Waals surface area contributed by atoms with Gasteiger partial charge in [0.2, 0.25) is 0 Å². The Hall–Kier alpha value is -2.23. The topological polar surface area (TPSA) is 56.2 Å². The van der Waals surface area contributed by atoms with Gasteiger partial charge >= 0.3 is 0 Å². The van der Waals surface area contributed by atoms with E-state index in [1.165, 1.54) is 5.69 Å². The van der Waals surface area contributed by atoms with E-state index in [0.717, 1.165) is 55.8 Å². The summed E-state index contributed by atoms with van der Waals surface area (Å²) in [6, 6.07) is 12.3. The van der Waals surface area contributed by atoms with E-state index >= 15 is 0 Å². The molecule has 1 saturated heterocycles. The second kappa shape index (κ2) is 11.8. The van der Waals surface area contributed by atoms with Gasteiger partial charge < -0.3 is 24.8 Å². The van der Waals surface area contributed by atoms with Crippen LogP contribution in [0.2, 0.25) is 0 Å². The molecule has 1 aliphatic heterocycles.